The first-order valence-electron chi connectivity index (χ1n) is 10.4. The van der Waals surface area contributed by atoms with E-state index in [1.54, 1.807) is 25.1 Å². The van der Waals surface area contributed by atoms with Crippen LogP contribution in [0.4, 0.5) is 11.4 Å². The van der Waals surface area contributed by atoms with Gasteiger partial charge in [-0.2, -0.15) is 0 Å². The van der Waals surface area contributed by atoms with Crippen LogP contribution >= 0.6 is 0 Å². The first-order valence-corrected chi connectivity index (χ1v) is 10.4. The van der Waals surface area contributed by atoms with Crippen LogP contribution in [-0.4, -0.2) is 26.6 Å². The van der Waals surface area contributed by atoms with E-state index < -0.39 is 0 Å². The van der Waals surface area contributed by atoms with Crippen LogP contribution < -0.4 is 5.56 Å². The third kappa shape index (κ3) is 5.22. The van der Waals surface area contributed by atoms with Gasteiger partial charge in [-0.15, -0.1) is 10.2 Å². The Bertz CT molecular complexity index is 1170. The van der Waals surface area contributed by atoms with E-state index in [-0.39, 0.29) is 29.3 Å². The Morgan fingerprint density at radius 1 is 1.16 bits per heavy atom. The average molecular weight is 421 g/mol. The van der Waals surface area contributed by atoms with Crippen LogP contribution in [0.3, 0.4) is 0 Å². The zero-order chi connectivity index (χ0) is 22.4. The summed E-state index contributed by atoms with van der Waals surface area (Å²) in [7, 11) is 0. The van der Waals surface area contributed by atoms with Gasteiger partial charge < -0.3 is 10.2 Å². The molecule has 0 unspecified atom stereocenters. The molecule has 1 aliphatic rings. The van der Waals surface area contributed by atoms with Crippen LogP contribution in [0.15, 0.2) is 56.0 Å². The lowest BCUT2D eigenvalue weighted by Crippen LogP contribution is -2.16. The number of para-hydroxylation sites is 1. The number of hydrogen-bond acceptors (Lipinski definition) is 5. The maximum absolute atomic E-state index is 12.5. The standard InChI is InChI=1S/C24H28N4O3/c1-16-8-6-9-17(2)20(16)13-12-19-10-7-11-21(23(19)30)25-26-22-18(3)27-28(24(22)31)14-4-5-15-29/h7-8,10-11,27,29-30H,4-6,9,14-15H2,1-3H3. The van der Waals surface area contributed by atoms with Crippen molar-refractivity contribution in [1.82, 2.24) is 9.78 Å². The summed E-state index contributed by atoms with van der Waals surface area (Å²) in [6.45, 7) is 6.44. The Morgan fingerprint density at radius 3 is 2.71 bits per heavy atom. The monoisotopic (exact) mass is 420 g/mol. The quantitative estimate of drug-likeness (QED) is 0.356. The molecule has 0 aliphatic heterocycles. The van der Waals surface area contributed by atoms with E-state index in [0.29, 0.717) is 30.6 Å². The third-order valence-electron chi connectivity index (χ3n) is 5.28. The lowest BCUT2D eigenvalue weighted by molar-refractivity contribution is 0.280. The van der Waals surface area contributed by atoms with Crippen LogP contribution in [0.5, 0.6) is 5.75 Å². The minimum atomic E-state index is -0.281. The summed E-state index contributed by atoms with van der Waals surface area (Å²) >= 11 is 0. The highest BCUT2D eigenvalue weighted by atomic mass is 16.3. The largest absolute Gasteiger partial charge is 0.504 e. The highest BCUT2D eigenvalue weighted by Crippen LogP contribution is 2.31. The predicted molar refractivity (Wildman–Crippen MR) is 121 cm³/mol. The van der Waals surface area contributed by atoms with E-state index in [0.717, 1.165) is 24.0 Å². The van der Waals surface area contributed by atoms with Gasteiger partial charge in [0.1, 0.15) is 5.69 Å². The predicted octanol–water partition coefficient (Wildman–Crippen LogP) is 4.79. The van der Waals surface area contributed by atoms with Crippen LogP contribution in [0.25, 0.3) is 0 Å². The first-order chi connectivity index (χ1) is 14.9. The van der Waals surface area contributed by atoms with E-state index >= 15 is 0 Å². The van der Waals surface area contributed by atoms with Crippen molar-refractivity contribution in [3.8, 4) is 17.6 Å². The number of rotatable bonds is 6. The molecule has 1 heterocycles. The van der Waals surface area contributed by atoms with Gasteiger partial charge in [0.05, 0.1) is 11.3 Å². The fourth-order valence-corrected chi connectivity index (χ4v) is 3.47. The molecule has 0 saturated carbocycles. The van der Waals surface area contributed by atoms with E-state index in [2.05, 4.69) is 40.2 Å². The van der Waals surface area contributed by atoms with Crippen molar-refractivity contribution < 1.29 is 10.2 Å². The fourth-order valence-electron chi connectivity index (χ4n) is 3.47. The number of azo groups is 1. The first kappa shape index (κ1) is 22.3. The van der Waals surface area contributed by atoms with Crippen LogP contribution in [0, 0.1) is 18.8 Å². The van der Waals surface area contributed by atoms with Gasteiger partial charge in [0.25, 0.3) is 5.56 Å². The zero-order valence-electron chi connectivity index (χ0n) is 18.2. The number of phenols is 1. The van der Waals surface area contributed by atoms with Gasteiger partial charge in [0, 0.05) is 18.7 Å². The highest BCUT2D eigenvalue weighted by molar-refractivity contribution is 5.62. The van der Waals surface area contributed by atoms with Crippen LogP contribution in [0.1, 0.15) is 50.8 Å². The second kappa shape index (κ2) is 10.1. The molecular formula is C24H28N4O3. The molecule has 3 N–H and O–H groups in total. The van der Waals surface area contributed by atoms with Crippen molar-refractivity contribution in [2.24, 2.45) is 10.2 Å². The summed E-state index contributed by atoms with van der Waals surface area (Å²) in [5.74, 6) is 6.16. The Morgan fingerprint density at radius 2 is 1.97 bits per heavy atom. The number of nitrogens with one attached hydrogen (secondary N) is 1. The van der Waals surface area contributed by atoms with Crippen molar-refractivity contribution in [3.63, 3.8) is 0 Å². The smallest absolute Gasteiger partial charge is 0.294 e. The van der Waals surface area contributed by atoms with E-state index in [4.69, 9.17) is 5.11 Å². The molecule has 0 amide bonds. The van der Waals surface area contributed by atoms with Gasteiger partial charge in [-0.3, -0.25) is 14.6 Å². The molecule has 162 valence electrons. The Hall–Kier alpha value is -3.37. The Labute approximate surface area is 181 Å². The molecule has 3 rings (SSSR count). The summed E-state index contributed by atoms with van der Waals surface area (Å²) < 4.78 is 1.46. The van der Waals surface area contributed by atoms with Gasteiger partial charge in [-0.1, -0.05) is 29.6 Å². The van der Waals surface area contributed by atoms with Crippen molar-refractivity contribution in [2.75, 3.05) is 6.61 Å². The molecule has 7 heteroatoms. The van der Waals surface area contributed by atoms with Crippen molar-refractivity contribution in [3.05, 3.63) is 62.6 Å². The van der Waals surface area contributed by atoms with Gasteiger partial charge in [0.2, 0.25) is 0 Å². The molecule has 31 heavy (non-hydrogen) atoms. The lowest BCUT2D eigenvalue weighted by atomic mass is 9.93. The van der Waals surface area contributed by atoms with Gasteiger partial charge in [-0.05, 0) is 64.2 Å². The van der Waals surface area contributed by atoms with E-state index in [1.807, 2.05) is 6.92 Å². The van der Waals surface area contributed by atoms with Crippen LogP contribution in [-0.2, 0) is 6.54 Å². The molecule has 1 aromatic carbocycles. The number of phenolic OH excluding ortho intramolecular Hbond substituents is 1. The van der Waals surface area contributed by atoms with E-state index in [1.165, 1.54) is 10.3 Å². The summed E-state index contributed by atoms with van der Waals surface area (Å²) in [5, 5.41) is 30.7. The maximum atomic E-state index is 12.5. The maximum Gasteiger partial charge on any atom is 0.294 e. The van der Waals surface area contributed by atoms with Gasteiger partial charge in [-0.25, -0.2) is 0 Å². The zero-order valence-corrected chi connectivity index (χ0v) is 18.2. The summed E-state index contributed by atoms with van der Waals surface area (Å²) in [5.41, 5.74) is 4.64. The average Bonchev–Trinajstić information content (AvgIpc) is 3.01. The molecular weight excluding hydrogens is 392 g/mol. The minimum Gasteiger partial charge on any atom is -0.504 e. The second-order valence-electron chi connectivity index (χ2n) is 7.68. The topological polar surface area (TPSA) is 103 Å². The molecule has 0 bridgehead atoms. The molecule has 0 spiro atoms. The van der Waals surface area contributed by atoms with Crippen molar-refractivity contribution in [2.45, 2.75) is 53.0 Å². The number of H-pyrrole nitrogens is 1. The number of aromatic hydroxyl groups is 1. The number of aliphatic hydroxyl groups excluding tert-OH is 1. The van der Waals surface area contributed by atoms with E-state index in [9.17, 15) is 9.90 Å². The number of benzene rings is 1. The molecule has 1 aliphatic carbocycles. The summed E-state index contributed by atoms with van der Waals surface area (Å²) in [4.78, 5) is 12.5. The Kier molecular flexibility index (Phi) is 7.27. The number of hydrogen-bond donors (Lipinski definition) is 3. The lowest BCUT2D eigenvalue weighted by Gasteiger charge is -2.12. The number of aromatic amines is 1. The molecule has 0 fully saturated rings. The number of allylic oxidation sites excluding steroid dienone is 4. The molecule has 1 aromatic heterocycles. The third-order valence-corrected chi connectivity index (χ3v) is 5.28. The minimum absolute atomic E-state index is 0.0640. The van der Waals surface area contributed by atoms with Crippen molar-refractivity contribution >= 4 is 11.4 Å². The van der Waals surface area contributed by atoms with Crippen LogP contribution in [0.2, 0.25) is 0 Å². The second-order valence-corrected chi connectivity index (χ2v) is 7.68. The number of nitrogens with zero attached hydrogens (tertiary/aromatic N) is 3. The van der Waals surface area contributed by atoms with Crippen molar-refractivity contribution in [1.29, 1.82) is 0 Å². The molecule has 0 radical (unpaired) electrons. The number of unbranched alkanes of at least 4 members (excludes halogenated alkanes) is 1. The highest BCUT2D eigenvalue weighted by Gasteiger charge is 2.12. The van der Waals surface area contributed by atoms with Gasteiger partial charge in [0.15, 0.2) is 11.4 Å². The molecule has 0 atom stereocenters. The SMILES string of the molecule is CC1=CCCC(C)=C1C#Cc1cccc(N=Nc2c(C)[nH]n(CCCCO)c2=O)c1O. The number of aliphatic hydroxyl groups is 1. The summed E-state index contributed by atoms with van der Waals surface area (Å²) in [6, 6.07) is 5.11. The molecule has 7 nitrogen and oxygen atoms in total. The van der Waals surface area contributed by atoms with Gasteiger partial charge >= 0.3 is 0 Å². The number of aryl methyl sites for hydroxylation is 2. The molecule has 2 aromatic rings. The summed E-state index contributed by atoms with van der Waals surface area (Å²) in [6.07, 6.45) is 5.51. The normalized spacial score (nSPS) is 14.0. The Balaban J connectivity index is 1.85. The fraction of sp³-hybridized carbons (Fsp3) is 0.375. The molecule has 0 saturated heterocycles. The number of aromatic nitrogens is 2.